The number of epoxide rings is 1. The third-order valence-corrected chi connectivity index (χ3v) is 2.99. The van der Waals surface area contributed by atoms with Crippen LogP contribution in [0.15, 0.2) is 0 Å². The van der Waals surface area contributed by atoms with Gasteiger partial charge in [-0.2, -0.15) is 57.1 Å². The van der Waals surface area contributed by atoms with Gasteiger partial charge in [-0.1, -0.05) is 0 Å². The van der Waals surface area contributed by atoms with Gasteiger partial charge in [0.05, 0.1) is 13.2 Å². The molecular formula is C10H7F13O2. The fourth-order valence-electron chi connectivity index (χ4n) is 1.38. The zero-order chi connectivity index (χ0) is 20.1. The largest absolute Gasteiger partial charge is 0.460 e. The van der Waals surface area contributed by atoms with Gasteiger partial charge in [0.1, 0.15) is 12.7 Å². The summed E-state index contributed by atoms with van der Waals surface area (Å²) in [7, 11) is 0. The standard InChI is InChI=1S/C10H7F13O2/c11-5(12,3-24-1-4-2-25-4)6(13,14)7(15,16)8(17,18)9(19,20)10(21,22)23/h4H,1-3H2. The number of ether oxygens (including phenoxy) is 2. The average molecular weight is 406 g/mol. The molecule has 0 aromatic carbocycles. The first kappa shape index (κ1) is 22.1. The smallest absolute Gasteiger partial charge is 0.372 e. The van der Waals surface area contributed by atoms with Crippen molar-refractivity contribution in [3.8, 4) is 0 Å². The summed E-state index contributed by atoms with van der Waals surface area (Å²) in [5.41, 5.74) is 0. The van der Waals surface area contributed by atoms with Crippen LogP contribution in [0.25, 0.3) is 0 Å². The Balaban J connectivity index is 3.13. The van der Waals surface area contributed by atoms with Gasteiger partial charge in [0.2, 0.25) is 0 Å². The lowest BCUT2D eigenvalue weighted by molar-refractivity contribution is -0.441. The molecule has 0 aliphatic carbocycles. The number of hydrogen-bond donors (Lipinski definition) is 0. The van der Waals surface area contributed by atoms with Crippen molar-refractivity contribution in [2.75, 3.05) is 19.8 Å². The summed E-state index contributed by atoms with van der Waals surface area (Å²) < 4.78 is 173. The molecule has 25 heavy (non-hydrogen) atoms. The van der Waals surface area contributed by atoms with Crippen LogP contribution in [0, 0.1) is 0 Å². The molecule has 0 N–H and O–H groups in total. The predicted octanol–water partition coefficient (Wildman–Crippen LogP) is 4.14. The van der Waals surface area contributed by atoms with Gasteiger partial charge in [-0.05, 0) is 0 Å². The minimum Gasteiger partial charge on any atom is -0.372 e. The van der Waals surface area contributed by atoms with E-state index in [1.54, 1.807) is 0 Å². The third kappa shape index (κ3) is 3.48. The molecule has 1 unspecified atom stereocenters. The maximum absolute atomic E-state index is 13.1. The molecule has 0 radical (unpaired) electrons. The van der Waals surface area contributed by atoms with Gasteiger partial charge in [-0.15, -0.1) is 0 Å². The highest BCUT2D eigenvalue weighted by atomic mass is 19.4. The van der Waals surface area contributed by atoms with Crippen LogP contribution in [0.5, 0.6) is 0 Å². The third-order valence-electron chi connectivity index (χ3n) is 2.99. The van der Waals surface area contributed by atoms with E-state index in [2.05, 4.69) is 9.47 Å². The molecule has 1 rings (SSSR count). The molecule has 0 saturated carbocycles. The Morgan fingerprint density at radius 1 is 0.680 bits per heavy atom. The summed E-state index contributed by atoms with van der Waals surface area (Å²) in [6.07, 6.45) is -8.26. The van der Waals surface area contributed by atoms with Crippen LogP contribution < -0.4 is 0 Å². The van der Waals surface area contributed by atoms with Crippen LogP contribution in [0.1, 0.15) is 0 Å². The molecule has 0 bridgehead atoms. The first-order valence-electron chi connectivity index (χ1n) is 5.98. The molecule has 0 amide bonds. The number of hydrogen-bond acceptors (Lipinski definition) is 2. The summed E-state index contributed by atoms with van der Waals surface area (Å²) in [4.78, 5) is 0. The van der Waals surface area contributed by atoms with Crippen molar-refractivity contribution in [2.24, 2.45) is 0 Å². The summed E-state index contributed by atoms with van der Waals surface area (Å²) in [5, 5.41) is 0. The monoisotopic (exact) mass is 406 g/mol. The second kappa shape index (κ2) is 6.03. The van der Waals surface area contributed by atoms with Gasteiger partial charge in [-0.3, -0.25) is 0 Å². The highest BCUT2D eigenvalue weighted by Crippen LogP contribution is 2.60. The molecule has 0 aromatic heterocycles. The highest BCUT2D eigenvalue weighted by molar-refractivity contribution is 5.10. The van der Waals surface area contributed by atoms with Crippen LogP contribution in [-0.4, -0.2) is 61.7 Å². The Morgan fingerprint density at radius 3 is 1.44 bits per heavy atom. The summed E-state index contributed by atoms with van der Waals surface area (Å²) >= 11 is 0. The lowest BCUT2D eigenvalue weighted by atomic mass is 9.94. The minimum atomic E-state index is -7.88. The van der Waals surface area contributed by atoms with Gasteiger partial charge in [0.25, 0.3) is 0 Å². The van der Waals surface area contributed by atoms with E-state index in [0.29, 0.717) is 0 Å². The Hall–Kier alpha value is -0.990. The fourth-order valence-corrected chi connectivity index (χ4v) is 1.38. The van der Waals surface area contributed by atoms with E-state index >= 15 is 0 Å². The van der Waals surface area contributed by atoms with Crippen LogP contribution in [-0.2, 0) is 9.47 Å². The number of alkyl halides is 13. The molecule has 1 fully saturated rings. The van der Waals surface area contributed by atoms with Gasteiger partial charge in [0, 0.05) is 0 Å². The quantitative estimate of drug-likeness (QED) is 0.447. The molecule has 1 aliphatic rings. The molecular weight excluding hydrogens is 399 g/mol. The van der Waals surface area contributed by atoms with Crippen molar-refractivity contribution >= 4 is 0 Å². The topological polar surface area (TPSA) is 21.8 Å². The highest BCUT2D eigenvalue weighted by Gasteiger charge is 2.90. The number of halogens is 13. The van der Waals surface area contributed by atoms with Crippen molar-refractivity contribution in [2.45, 2.75) is 41.9 Å². The molecule has 1 saturated heterocycles. The van der Waals surface area contributed by atoms with Gasteiger partial charge >= 0.3 is 35.8 Å². The molecule has 1 heterocycles. The van der Waals surface area contributed by atoms with Gasteiger partial charge in [0.15, 0.2) is 0 Å². The van der Waals surface area contributed by atoms with E-state index in [0.717, 1.165) is 0 Å². The van der Waals surface area contributed by atoms with Crippen molar-refractivity contribution in [3.05, 3.63) is 0 Å². The van der Waals surface area contributed by atoms with Crippen molar-refractivity contribution in [1.82, 2.24) is 0 Å². The molecule has 150 valence electrons. The predicted molar refractivity (Wildman–Crippen MR) is 51.3 cm³/mol. The van der Waals surface area contributed by atoms with Gasteiger partial charge < -0.3 is 9.47 Å². The Labute approximate surface area is 129 Å². The van der Waals surface area contributed by atoms with E-state index in [4.69, 9.17) is 0 Å². The second-order valence-electron chi connectivity index (χ2n) is 4.97. The molecule has 2 nitrogen and oxygen atoms in total. The van der Waals surface area contributed by atoms with E-state index in [1.807, 2.05) is 0 Å². The summed E-state index contributed by atoms with van der Waals surface area (Å²) in [6.45, 7) is -3.55. The summed E-state index contributed by atoms with van der Waals surface area (Å²) in [5.74, 6) is -36.9. The lowest BCUT2D eigenvalue weighted by Gasteiger charge is -2.39. The minimum absolute atomic E-state index is 0.0615. The fraction of sp³-hybridized carbons (Fsp3) is 1.00. The zero-order valence-electron chi connectivity index (χ0n) is 11.4. The maximum Gasteiger partial charge on any atom is 0.460 e. The normalized spacial score (nSPS) is 20.8. The van der Waals surface area contributed by atoms with E-state index in [1.165, 1.54) is 0 Å². The van der Waals surface area contributed by atoms with E-state index in [9.17, 15) is 57.1 Å². The molecule has 0 spiro atoms. The molecule has 1 atom stereocenters. The Kier molecular flexibility index (Phi) is 5.32. The lowest BCUT2D eigenvalue weighted by Crippen LogP contribution is -2.70. The Bertz CT molecular complexity index is 480. The van der Waals surface area contributed by atoms with Crippen LogP contribution in [0.3, 0.4) is 0 Å². The van der Waals surface area contributed by atoms with Crippen molar-refractivity contribution in [1.29, 1.82) is 0 Å². The SMILES string of the molecule is FC(F)(F)C(F)(F)C(F)(F)C(F)(F)C(F)(F)C(F)(F)COCC1CO1. The first-order valence-corrected chi connectivity index (χ1v) is 5.98. The van der Waals surface area contributed by atoms with Crippen molar-refractivity contribution in [3.63, 3.8) is 0 Å². The average Bonchev–Trinajstić information content (AvgIpc) is 3.20. The molecule has 15 heteroatoms. The van der Waals surface area contributed by atoms with Crippen LogP contribution in [0.4, 0.5) is 57.1 Å². The van der Waals surface area contributed by atoms with Crippen LogP contribution in [0.2, 0.25) is 0 Å². The summed E-state index contributed by atoms with van der Waals surface area (Å²) in [6, 6.07) is 0. The van der Waals surface area contributed by atoms with E-state index in [-0.39, 0.29) is 6.61 Å². The van der Waals surface area contributed by atoms with Gasteiger partial charge in [-0.25, -0.2) is 0 Å². The zero-order valence-corrected chi connectivity index (χ0v) is 11.4. The number of rotatable bonds is 8. The first-order chi connectivity index (χ1) is 10.8. The molecule has 0 aromatic rings. The van der Waals surface area contributed by atoms with E-state index < -0.39 is 55.1 Å². The van der Waals surface area contributed by atoms with Crippen molar-refractivity contribution < 1.29 is 66.5 Å². The Morgan fingerprint density at radius 2 is 1.08 bits per heavy atom. The molecule has 1 aliphatic heterocycles. The maximum atomic E-state index is 13.1. The second-order valence-corrected chi connectivity index (χ2v) is 4.97. The van der Waals surface area contributed by atoms with Crippen LogP contribution >= 0.6 is 0 Å².